The number of rotatable bonds is 7. The second kappa shape index (κ2) is 8.24. The summed E-state index contributed by atoms with van der Waals surface area (Å²) in [5, 5.41) is 11.5. The number of halogens is 1. The minimum absolute atomic E-state index is 0.0434. The van der Waals surface area contributed by atoms with Crippen LogP contribution in [0.25, 0.3) is 0 Å². The standard InChI is InChI=1S/C19H20FNO3/c1-13(5-6-14-3-2-4-16(20)11-14)19(24)21-17-9-7-15(8-10-17)12-18(22)23/h2-4,7-11,13H,5-6,12H2,1H3,(H,21,24)(H,22,23). The van der Waals surface area contributed by atoms with E-state index in [1.807, 2.05) is 13.0 Å². The van der Waals surface area contributed by atoms with Crippen molar-refractivity contribution in [2.24, 2.45) is 5.92 Å². The quantitative estimate of drug-likeness (QED) is 0.814. The van der Waals surface area contributed by atoms with Gasteiger partial charge in [0.25, 0.3) is 0 Å². The van der Waals surface area contributed by atoms with Crippen LogP contribution in [0.5, 0.6) is 0 Å². The molecule has 0 saturated heterocycles. The van der Waals surface area contributed by atoms with Crippen LogP contribution >= 0.6 is 0 Å². The first-order valence-corrected chi connectivity index (χ1v) is 7.80. The summed E-state index contributed by atoms with van der Waals surface area (Å²) in [7, 11) is 0. The molecule has 0 aliphatic heterocycles. The fourth-order valence-corrected chi connectivity index (χ4v) is 2.35. The largest absolute Gasteiger partial charge is 0.481 e. The van der Waals surface area contributed by atoms with Gasteiger partial charge in [0.15, 0.2) is 0 Å². The molecule has 2 N–H and O–H groups in total. The highest BCUT2D eigenvalue weighted by Gasteiger charge is 2.13. The van der Waals surface area contributed by atoms with E-state index in [1.54, 1.807) is 30.3 Å². The highest BCUT2D eigenvalue weighted by Crippen LogP contribution is 2.15. The Balaban J connectivity index is 1.85. The molecule has 24 heavy (non-hydrogen) atoms. The van der Waals surface area contributed by atoms with Crippen LogP contribution in [0, 0.1) is 11.7 Å². The minimum Gasteiger partial charge on any atom is -0.481 e. The van der Waals surface area contributed by atoms with E-state index in [1.165, 1.54) is 12.1 Å². The molecule has 0 fully saturated rings. The number of aliphatic carboxylic acids is 1. The van der Waals surface area contributed by atoms with Crippen molar-refractivity contribution >= 4 is 17.6 Å². The van der Waals surface area contributed by atoms with Crippen LogP contribution in [0.3, 0.4) is 0 Å². The third kappa shape index (κ3) is 5.50. The molecule has 0 saturated carbocycles. The smallest absolute Gasteiger partial charge is 0.307 e. The molecule has 0 aliphatic rings. The molecule has 2 aromatic rings. The average Bonchev–Trinajstić information content (AvgIpc) is 2.54. The normalized spacial score (nSPS) is 11.8. The van der Waals surface area contributed by atoms with Crippen molar-refractivity contribution in [3.8, 4) is 0 Å². The number of aryl methyl sites for hydroxylation is 1. The first kappa shape index (κ1) is 17.7. The Kier molecular flexibility index (Phi) is 6.07. The number of hydrogen-bond acceptors (Lipinski definition) is 2. The zero-order chi connectivity index (χ0) is 17.5. The number of benzene rings is 2. The van der Waals surface area contributed by atoms with Crippen molar-refractivity contribution in [2.75, 3.05) is 5.32 Å². The predicted octanol–water partition coefficient (Wildman–Crippen LogP) is 3.66. The average molecular weight is 329 g/mol. The number of carboxylic acids is 1. The van der Waals surface area contributed by atoms with Gasteiger partial charge in [0, 0.05) is 11.6 Å². The third-order valence-electron chi connectivity index (χ3n) is 3.78. The molecule has 0 aliphatic carbocycles. The van der Waals surface area contributed by atoms with E-state index in [-0.39, 0.29) is 24.1 Å². The van der Waals surface area contributed by atoms with Gasteiger partial charge in [-0.1, -0.05) is 31.2 Å². The maximum absolute atomic E-state index is 13.1. The summed E-state index contributed by atoms with van der Waals surface area (Å²) in [4.78, 5) is 22.8. The van der Waals surface area contributed by atoms with Crippen molar-refractivity contribution in [3.05, 3.63) is 65.5 Å². The van der Waals surface area contributed by atoms with E-state index >= 15 is 0 Å². The fraction of sp³-hybridized carbons (Fsp3) is 0.263. The number of carbonyl (C=O) groups is 2. The summed E-state index contributed by atoms with van der Waals surface area (Å²) in [5.74, 6) is -1.49. The molecular formula is C19H20FNO3. The number of anilines is 1. The van der Waals surface area contributed by atoms with E-state index in [0.717, 1.165) is 5.56 Å². The predicted molar refractivity (Wildman–Crippen MR) is 90.3 cm³/mol. The summed E-state index contributed by atoms with van der Waals surface area (Å²) < 4.78 is 13.1. The van der Waals surface area contributed by atoms with Gasteiger partial charge in [0.05, 0.1) is 6.42 Å². The Morgan fingerprint density at radius 2 is 1.83 bits per heavy atom. The molecule has 126 valence electrons. The first-order chi connectivity index (χ1) is 11.4. The molecule has 1 atom stereocenters. The van der Waals surface area contributed by atoms with Crippen LogP contribution in [0.4, 0.5) is 10.1 Å². The fourth-order valence-electron chi connectivity index (χ4n) is 2.35. The van der Waals surface area contributed by atoms with Crippen molar-refractivity contribution in [3.63, 3.8) is 0 Å². The molecule has 0 bridgehead atoms. The van der Waals surface area contributed by atoms with Crippen molar-refractivity contribution in [1.29, 1.82) is 0 Å². The van der Waals surface area contributed by atoms with Crippen molar-refractivity contribution < 1.29 is 19.1 Å². The van der Waals surface area contributed by atoms with Crippen LogP contribution in [-0.2, 0) is 22.4 Å². The summed E-state index contributed by atoms with van der Waals surface area (Å²) in [6, 6.07) is 13.1. The molecule has 4 nitrogen and oxygen atoms in total. The van der Waals surface area contributed by atoms with E-state index in [9.17, 15) is 14.0 Å². The third-order valence-corrected chi connectivity index (χ3v) is 3.78. The first-order valence-electron chi connectivity index (χ1n) is 7.80. The van der Waals surface area contributed by atoms with Gasteiger partial charge in [-0.3, -0.25) is 9.59 Å². The molecule has 0 aromatic heterocycles. The van der Waals surface area contributed by atoms with Crippen LogP contribution in [0.15, 0.2) is 48.5 Å². The van der Waals surface area contributed by atoms with Gasteiger partial charge < -0.3 is 10.4 Å². The van der Waals surface area contributed by atoms with Crippen LogP contribution in [-0.4, -0.2) is 17.0 Å². The Bertz CT molecular complexity index is 713. The second-order valence-electron chi connectivity index (χ2n) is 5.83. The van der Waals surface area contributed by atoms with E-state index in [0.29, 0.717) is 24.1 Å². The maximum atomic E-state index is 13.1. The number of nitrogens with one attached hydrogen (secondary N) is 1. The monoisotopic (exact) mass is 329 g/mol. The Labute approximate surface area is 140 Å². The summed E-state index contributed by atoms with van der Waals surface area (Å²) in [6.07, 6.45) is 1.20. The Hall–Kier alpha value is -2.69. The molecule has 1 amide bonds. The minimum atomic E-state index is -0.891. The molecular weight excluding hydrogens is 309 g/mol. The van der Waals surface area contributed by atoms with Crippen molar-refractivity contribution in [1.82, 2.24) is 0 Å². The Morgan fingerprint density at radius 3 is 2.46 bits per heavy atom. The zero-order valence-electron chi connectivity index (χ0n) is 13.5. The highest BCUT2D eigenvalue weighted by atomic mass is 19.1. The molecule has 0 spiro atoms. The number of carbonyl (C=O) groups excluding carboxylic acids is 1. The molecule has 0 heterocycles. The summed E-state index contributed by atoms with van der Waals surface area (Å²) in [5.41, 5.74) is 2.18. The van der Waals surface area contributed by atoms with Crippen LogP contribution in [0.1, 0.15) is 24.5 Å². The van der Waals surface area contributed by atoms with Gasteiger partial charge >= 0.3 is 5.97 Å². The van der Waals surface area contributed by atoms with Gasteiger partial charge in [-0.05, 0) is 48.2 Å². The number of amides is 1. The number of carboxylic acid groups (broad SMARTS) is 1. The topological polar surface area (TPSA) is 66.4 Å². The highest BCUT2D eigenvalue weighted by molar-refractivity contribution is 5.92. The van der Waals surface area contributed by atoms with Crippen molar-refractivity contribution in [2.45, 2.75) is 26.2 Å². The zero-order valence-corrected chi connectivity index (χ0v) is 13.5. The summed E-state index contributed by atoms with van der Waals surface area (Å²) >= 11 is 0. The van der Waals surface area contributed by atoms with E-state index < -0.39 is 5.97 Å². The van der Waals surface area contributed by atoms with Gasteiger partial charge in [-0.2, -0.15) is 0 Å². The lowest BCUT2D eigenvalue weighted by atomic mass is 10.00. The molecule has 5 heteroatoms. The lowest BCUT2D eigenvalue weighted by Crippen LogP contribution is -2.20. The van der Waals surface area contributed by atoms with Crippen LogP contribution < -0.4 is 5.32 Å². The molecule has 2 aromatic carbocycles. The Morgan fingerprint density at radius 1 is 1.12 bits per heavy atom. The molecule has 0 radical (unpaired) electrons. The lowest BCUT2D eigenvalue weighted by Gasteiger charge is -2.12. The molecule has 2 rings (SSSR count). The van der Waals surface area contributed by atoms with Crippen LogP contribution in [0.2, 0.25) is 0 Å². The summed E-state index contributed by atoms with van der Waals surface area (Å²) in [6.45, 7) is 1.83. The van der Waals surface area contributed by atoms with Gasteiger partial charge in [0.1, 0.15) is 5.82 Å². The lowest BCUT2D eigenvalue weighted by molar-refractivity contribution is -0.136. The molecule has 1 unspecified atom stereocenters. The SMILES string of the molecule is CC(CCc1cccc(F)c1)C(=O)Nc1ccc(CC(=O)O)cc1. The van der Waals surface area contributed by atoms with E-state index in [2.05, 4.69) is 5.32 Å². The van der Waals surface area contributed by atoms with E-state index in [4.69, 9.17) is 5.11 Å². The second-order valence-corrected chi connectivity index (χ2v) is 5.83. The maximum Gasteiger partial charge on any atom is 0.307 e. The van der Waals surface area contributed by atoms with Gasteiger partial charge in [-0.25, -0.2) is 4.39 Å². The van der Waals surface area contributed by atoms with Gasteiger partial charge in [0.2, 0.25) is 5.91 Å². The number of hydrogen-bond donors (Lipinski definition) is 2. The van der Waals surface area contributed by atoms with Gasteiger partial charge in [-0.15, -0.1) is 0 Å².